The summed E-state index contributed by atoms with van der Waals surface area (Å²) in [5.74, 6) is 3.55. The van der Waals surface area contributed by atoms with Crippen molar-refractivity contribution in [2.75, 3.05) is 11.5 Å². The highest BCUT2D eigenvalue weighted by molar-refractivity contribution is 7.72. The van der Waals surface area contributed by atoms with E-state index in [0.29, 0.717) is 26.8 Å². The van der Waals surface area contributed by atoms with Crippen LogP contribution in [0.4, 0.5) is 16.0 Å². The second kappa shape index (κ2) is 51.0. The van der Waals surface area contributed by atoms with Crippen molar-refractivity contribution in [1.29, 1.82) is 0 Å². The number of hydrogen-bond donors (Lipinski definition) is 3. The van der Waals surface area contributed by atoms with Crippen molar-refractivity contribution in [3.05, 3.63) is 413 Å². The third-order valence-electron chi connectivity index (χ3n) is 22.7. The molecule has 19 rings (SSSR count). The minimum Gasteiger partial charge on any atom is -0.384 e. The molecule has 0 aliphatic heterocycles. The Bertz CT molecular complexity index is 7950. The monoisotopic (exact) mass is 2040 g/mol. The van der Waals surface area contributed by atoms with Crippen LogP contribution < -0.4 is 39.3 Å². The number of nitrogen functional groups attached to an aromatic ring is 2. The normalized spacial score (nSPS) is 11.1. The van der Waals surface area contributed by atoms with E-state index in [1.165, 1.54) is 77.3 Å². The van der Waals surface area contributed by atoms with Crippen LogP contribution in [-0.4, -0.2) is 61.9 Å². The Morgan fingerprint density at radius 1 is 0.421 bits per heavy atom. The van der Waals surface area contributed by atoms with Gasteiger partial charge in [-0.15, -0.1) is 29.1 Å². The second-order valence-electron chi connectivity index (χ2n) is 41.3. The number of rotatable bonds is 0. The molecule has 0 saturated carbocycles. The fourth-order valence-electron chi connectivity index (χ4n) is 14.8. The van der Waals surface area contributed by atoms with Gasteiger partial charge in [-0.2, -0.15) is 0 Å². The standard InChI is InChI=1S/C16H17NO.C15H18.2C14H17NO.C11H12FNS2.C11H13NS2.C7H8N4.C7H9N.C6H6ClN.C6H8N2.2C6H7NO/c1-6-12-10-17(16(3,4)5)15(18)14-11(2)8-7-9-13(12)14;1-11-9-12-7-5-6-8-13(12)10-14(11)15(2,3)4;1-10-5-6-12-11(9-10)7-8-15(13(12)16)14(2,3)4;1-10-6-5-7-11-8-9-15(14(2,3)4)13(16)12(10)11;1-11(2,3)13-6-8(12)7-4-5-15-9(7)10(13)14;1-11(2,3)12-6-4-8-5-7-14-9(8)10(12)13;1-11-4-10-6-5(11)2-3-9-7(6)8;1-6-3-4-7(2)8-5-6;2*1-5-2-3-6(7)8-4-5;1-5-2-3-6(8)7-4-5;1-7-5-3-2-4-6(7)8/h1,7-10H,2-5H3;5-10H,1-4H3;2*5-9H,1-4H3;4-6H,1-3H3;4-7H,1-3H3;2-4H,1H3,(H2,8,9);3-5H,1-2H3;2-4H,1H3;2-4H,1H3,(H2,7,8);2-4H,1H3,(H,7,8);2-5H,1H3. The quantitative estimate of drug-likeness (QED) is 0.0725. The number of imidazole rings is 1. The molecule has 14 heterocycles. The molecule has 0 aliphatic carbocycles. The molecule has 19 aromatic rings. The van der Waals surface area contributed by atoms with E-state index < -0.39 is 0 Å². The Labute approximate surface area is 875 Å². The molecule has 0 saturated heterocycles. The Balaban J connectivity index is 0.000000195. The number of fused-ring (bicyclic) bond motifs is 7. The number of benzene rings is 5. The molecule has 20 nitrogen and oxygen atoms in total. The maximum atomic E-state index is 13.7. The van der Waals surface area contributed by atoms with Gasteiger partial charge < -0.3 is 48.4 Å². The Morgan fingerprint density at radius 3 is 1.46 bits per heavy atom. The van der Waals surface area contributed by atoms with E-state index in [2.05, 4.69) is 155 Å². The van der Waals surface area contributed by atoms with E-state index in [9.17, 15) is 28.4 Å². The number of nitrogens with one attached hydrogen (secondary N) is 1. The van der Waals surface area contributed by atoms with Crippen molar-refractivity contribution in [2.45, 2.75) is 220 Å². The largest absolute Gasteiger partial charge is 0.384 e. The van der Waals surface area contributed by atoms with E-state index in [1.807, 2.05) is 276 Å². The molecule has 14 aromatic heterocycles. The zero-order valence-electron chi connectivity index (χ0n) is 89.1. The van der Waals surface area contributed by atoms with Crippen LogP contribution in [0.3, 0.4) is 0 Å². The third-order valence-corrected chi connectivity index (χ3v) is 25.8. The first kappa shape index (κ1) is 116. The summed E-state index contributed by atoms with van der Waals surface area (Å²) >= 11 is 19.5. The lowest BCUT2D eigenvalue weighted by Crippen LogP contribution is -2.34. The summed E-state index contributed by atoms with van der Waals surface area (Å²) in [7, 11) is 3.65. The summed E-state index contributed by atoms with van der Waals surface area (Å²) in [6.07, 6.45) is 26.8. The lowest BCUT2D eigenvalue weighted by atomic mass is 9.83. The van der Waals surface area contributed by atoms with Gasteiger partial charge in [-0.05, 0) is 321 Å². The highest BCUT2D eigenvalue weighted by Gasteiger charge is 2.23. The number of nitrogens with zero attached hydrogens (tertiary/aromatic N) is 12. The van der Waals surface area contributed by atoms with Gasteiger partial charge in [0.2, 0.25) is 11.1 Å². The first-order chi connectivity index (χ1) is 67.8. The Kier molecular flexibility index (Phi) is 40.9. The summed E-state index contributed by atoms with van der Waals surface area (Å²) < 4.78 is 30.2. The zero-order valence-corrected chi connectivity index (χ0v) is 93.1. The van der Waals surface area contributed by atoms with Gasteiger partial charge in [0, 0.05) is 150 Å². The predicted molar refractivity (Wildman–Crippen MR) is 618 cm³/mol. The molecule has 0 bridgehead atoms. The van der Waals surface area contributed by atoms with Crippen LogP contribution in [0.25, 0.3) is 74.3 Å². The summed E-state index contributed by atoms with van der Waals surface area (Å²) in [6, 6.07) is 62.6. The molecule has 0 amide bonds. The topological polar surface area (TPSA) is 252 Å². The first-order valence-corrected chi connectivity index (χ1v) is 50.4. The fourth-order valence-corrected chi connectivity index (χ4v) is 17.7. The number of nitrogens with two attached hydrogens (primary N) is 2. The average Bonchev–Trinajstić information content (AvgIpc) is 0.917. The van der Waals surface area contributed by atoms with Crippen LogP contribution >= 0.6 is 58.7 Å². The third kappa shape index (κ3) is 33.3. The zero-order chi connectivity index (χ0) is 108. The van der Waals surface area contributed by atoms with Crippen molar-refractivity contribution in [3.8, 4) is 12.3 Å². The predicted octanol–water partition coefficient (Wildman–Crippen LogP) is 28.5. The van der Waals surface area contributed by atoms with Crippen molar-refractivity contribution >= 4 is 145 Å². The van der Waals surface area contributed by atoms with E-state index in [0.717, 1.165) is 91.8 Å². The van der Waals surface area contributed by atoms with Crippen LogP contribution in [-0.2, 0) is 47.2 Å². The van der Waals surface area contributed by atoms with Gasteiger partial charge in [-0.25, -0.2) is 24.3 Å². The number of anilines is 2. The van der Waals surface area contributed by atoms with Crippen LogP contribution in [0.5, 0.6) is 0 Å². The number of H-pyrrole nitrogens is 1. The number of terminal acetylenes is 1. The number of aromatic nitrogens is 13. The maximum Gasteiger partial charge on any atom is 0.259 e. The molecule has 0 atom stereocenters. The van der Waals surface area contributed by atoms with Crippen molar-refractivity contribution in [3.63, 3.8) is 0 Å². The van der Waals surface area contributed by atoms with Crippen molar-refractivity contribution in [1.82, 2.24) is 61.9 Å². The first-order valence-electron chi connectivity index (χ1n) is 47.5. The number of pyridine rings is 11. The molecule has 758 valence electrons. The molecule has 0 spiro atoms. The van der Waals surface area contributed by atoms with Gasteiger partial charge in [0.15, 0.2) is 5.82 Å². The molecule has 26 heteroatoms. The van der Waals surface area contributed by atoms with E-state index >= 15 is 0 Å². The molecular weight excluding hydrogens is 1900 g/mol. The van der Waals surface area contributed by atoms with E-state index in [1.54, 1.807) is 106 Å². The molecular formula is C119H139ClFN15O5S4. The lowest BCUT2D eigenvalue weighted by Gasteiger charge is -2.23. The highest BCUT2D eigenvalue weighted by atomic mass is 35.5. The van der Waals surface area contributed by atoms with Crippen LogP contribution in [0.1, 0.15) is 186 Å². The van der Waals surface area contributed by atoms with Crippen molar-refractivity contribution < 1.29 is 4.39 Å². The van der Waals surface area contributed by atoms with Gasteiger partial charge in [-0.1, -0.05) is 184 Å². The molecule has 0 unspecified atom stereocenters. The molecule has 0 aliphatic rings. The number of aromatic amines is 1. The van der Waals surface area contributed by atoms with E-state index in [-0.39, 0.29) is 66.7 Å². The summed E-state index contributed by atoms with van der Waals surface area (Å²) in [4.78, 5) is 80.5. The summed E-state index contributed by atoms with van der Waals surface area (Å²) in [6.45, 7) is 55.6. The van der Waals surface area contributed by atoms with Gasteiger partial charge in [-0.3, -0.25) is 29.0 Å². The average molecular weight is 2040 g/mol. The number of thiophene rings is 2. The van der Waals surface area contributed by atoms with Crippen molar-refractivity contribution in [2.24, 2.45) is 14.1 Å². The molecule has 145 heavy (non-hydrogen) atoms. The van der Waals surface area contributed by atoms with Crippen LogP contribution in [0, 0.1) is 89.8 Å². The number of halogens is 2. The van der Waals surface area contributed by atoms with Gasteiger partial charge in [0.1, 0.15) is 31.6 Å². The molecule has 5 N–H and O–H groups in total. The molecule has 0 radical (unpaired) electrons. The molecule has 5 aromatic carbocycles. The van der Waals surface area contributed by atoms with Gasteiger partial charge in [0.25, 0.3) is 16.7 Å². The fraction of sp³-hybridized carbons (Fsp3) is 0.294. The van der Waals surface area contributed by atoms with Gasteiger partial charge >= 0.3 is 0 Å². The van der Waals surface area contributed by atoms with E-state index in [4.69, 9.17) is 53.9 Å². The smallest absolute Gasteiger partial charge is 0.259 e. The summed E-state index contributed by atoms with van der Waals surface area (Å²) in [5.41, 5.74) is 24.8. The SMILES string of the molecule is C#Cc1cn(C(C)(C)C)c(=O)c2c(C)cccc12.CC(C)(C)n1cc(F)c2ccsc2c1=S.CC(C)(C)n1ccc2ccsc2c1=S.Cc1cc2ccccc2cc1C(C)(C)C.Cc1ccc(=O)[nH]c1.Cc1ccc(C)nc1.Cc1ccc(Cl)nc1.Cc1ccc(N)nc1.Cc1ccc2c(=O)n(C(C)(C)C)ccc2c1.Cc1cccc2ccn(C(C)(C)C)c(=O)c12.Cn1ccccc1=O.Cn1cnc2c(N)nccc21. The second-order valence-corrected chi connectivity index (χ2v) is 44.3. The van der Waals surface area contributed by atoms with Crippen LogP contribution in [0.2, 0.25) is 5.15 Å². The lowest BCUT2D eigenvalue weighted by molar-refractivity contribution is 0.385. The highest BCUT2D eigenvalue weighted by Crippen LogP contribution is 2.33. The summed E-state index contributed by atoms with van der Waals surface area (Å²) in [5, 5.41) is 14.3. The molecule has 0 fully saturated rings. The van der Waals surface area contributed by atoms with Gasteiger partial charge in [0.05, 0.1) is 32.0 Å². The maximum absolute atomic E-state index is 13.7. The Morgan fingerprint density at radius 2 is 0.938 bits per heavy atom. The van der Waals surface area contributed by atoms with Crippen LogP contribution in [0.15, 0.2) is 303 Å². The minimum absolute atomic E-state index is 0.0228. The number of aryl methyl sites for hydroxylation is 11. The minimum atomic E-state index is -0.279. The Hall–Kier alpha value is -14.0. The number of hydrogen-bond acceptors (Lipinski definition) is 16.